The van der Waals surface area contributed by atoms with Crippen LogP contribution in [0.2, 0.25) is 0 Å². The standard InChI is InChI=1S/C18H32O15/c1-4-7(21)10(24)12(26)17(29-4)32-14-9(23)6(3-20)30-16(28)15(14)33-18-13(27)11(25)8(22)5(2-19)31-18/h4-28H,2-3H2,1H3/t4-,5+,6+,7+,8-,9+,10+,11-,12-,13+,14-,15+,16+,17+,18-/m0/s1. The monoisotopic (exact) mass is 488 g/mol. The van der Waals surface area contributed by atoms with Crippen molar-refractivity contribution in [1.29, 1.82) is 0 Å². The molecule has 0 saturated carbocycles. The van der Waals surface area contributed by atoms with Crippen molar-refractivity contribution >= 4 is 0 Å². The summed E-state index contributed by atoms with van der Waals surface area (Å²) in [5, 5.41) is 100.0. The Balaban J connectivity index is 1.82. The number of ether oxygens (including phenoxy) is 5. The molecular weight excluding hydrogens is 456 g/mol. The van der Waals surface area contributed by atoms with E-state index in [0.717, 1.165) is 0 Å². The third-order valence-electron chi connectivity index (χ3n) is 6.06. The van der Waals surface area contributed by atoms with Gasteiger partial charge in [0, 0.05) is 0 Å². The first-order valence-corrected chi connectivity index (χ1v) is 10.4. The number of aliphatic hydroxyl groups excluding tert-OH is 10. The molecule has 0 bridgehead atoms. The van der Waals surface area contributed by atoms with Gasteiger partial charge >= 0.3 is 0 Å². The second-order valence-electron chi connectivity index (χ2n) is 8.32. The van der Waals surface area contributed by atoms with Gasteiger partial charge in [0.2, 0.25) is 0 Å². The van der Waals surface area contributed by atoms with Gasteiger partial charge in [-0.3, -0.25) is 0 Å². The van der Waals surface area contributed by atoms with Gasteiger partial charge in [-0.25, -0.2) is 0 Å². The molecule has 3 aliphatic rings. The summed E-state index contributed by atoms with van der Waals surface area (Å²) in [5.41, 5.74) is 0. The summed E-state index contributed by atoms with van der Waals surface area (Å²) in [6.45, 7) is -0.107. The fraction of sp³-hybridized carbons (Fsp3) is 1.00. The summed E-state index contributed by atoms with van der Waals surface area (Å²) in [6.07, 6.45) is -24.1. The molecule has 3 aliphatic heterocycles. The predicted molar refractivity (Wildman–Crippen MR) is 99.8 cm³/mol. The maximum absolute atomic E-state index is 10.6. The van der Waals surface area contributed by atoms with E-state index < -0.39 is 105 Å². The Morgan fingerprint density at radius 2 is 1.03 bits per heavy atom. The fourth-order valence-corrected chi connectivity index (χ4v) is 3.97. The van der Waals surface area contributed by atoms with Crippen LogP contribution in [-0.2, 0) is 23.7 Å². The summed E-state index contributed by atoms with van der Waals surface area (Å²) >= 11 is 0. The van der Waals surface area contributed by atoms with Crippen molar-refractivity contribution in [2.45, 2.75) is 99.0 Å². The van der Waals surface area contributed by atoms with Crippen LogP contribution in [0.25, 0.3) is 0 Å². The average molecular weight is 488 g/mol. The van der Waals surface area contributed by atoms with Crippen LogP contribution >= 0.6 is 0 Å². The van der Waals surface area contributed by atoms with Crippen LogP contribution < -0.4 is 0 Å². The lowest BCUT2D eigenvalue weighted by molar-refractivity contribution is -0.386. The van der Waals surface area contributed by atoms with Crippen molar-refractivity contribution in [2.24, 2.45) is 0 Å². The van der Waals surface area contributed by atoms with Crippen LogP contribution in [0.3, 0.4) is 0 Å². The minimum Gasteiger partial charge on any atom is -0.394 e. The van der Waals surface area contributed by atoms with Crippen LogP contribution in [0.15, 0.2) is 0 Å². The molecule has 3 rings (SSSR count). The molecule has 15 heteroatoms. The zero-order valence-corrected chi connectivity index (χ0v) is 17.6. The Bertz CT molecular complexity index is 624. The maximum atomic E-state index is 10.6. The van der Waals surface area contributed by atoms with Crippen LogP contribution in [0.1, 0.15) is 6.92 Å². The van der Waals surface area contributed by atoms with E-state index in [4.69, 9.17) is 23.7 Å². The van der Waals surface area contributed by atoms with Crippen LogP contribution in [0.4, 0.5) is 0 Å². The Kier molecular flexibility index (Phi) is 8.99. The molecule has 0 amide bonds. The summed E-state index contributed by atoms with van der Waals surface area (Å²) in [7, 11) is 0. The molecule has 10 N–H and O–H groups in total. The first kappa shape index (κ1) is 27.0. The smallest absolute Gasteiger partial charge is 0.187 e. The lowest BCUT2D eigenvalue weighted by Crippen LogP contribution is -2.66. The summed E-state index contributed by atoms with van der Waals surface area (Å²) < 4.78 is 26.7. The van der Waals surface area contributed by atoms with E-state index in [0.29, 0.717) is 0 Å². The zero-order chi connectivity index (χ0) is 24.6. The van der Waals surface area contributed by atoms with Gasteiger partial charge in [-0.15, -0.1) is 0 Å². The second-order valence-corrected chi connectivity index (χ2v) is 8.32. The molecule has 0 radical (unpaired) electrons. The number of aliphatic hydroxyl groups is 10. The van der Waals surface area contributed by atoms with E-state index in [9.17, 15) is 51.1 Å². The molecule has 3 saturated heterocycles. The van der Waals surface area contributed by atoms with Crippen molar-refractivity contribution in [2.75, 3.05) is 13.2 Å². The predicted octanol–water partition coefficient (Wildman–Crippen LogP) is -6.55. The number of hydrogen-bond donors (Lipinski definition) is 10. The molecule has 15 nitrogen and oxygen atoms in total. The van der Waals surface area contributed by atoms with E-state index >= 15 is 0 Å². The van der Waals surface area contributed by atoms with Crippen molar-refractivity contribution in [3.8, 4) is 0 Å². The largest absolute Gasteiger partial charge is 0.394 e. The van der Waals surface area contributed by atoms with Crippen LogP contribution in [0, 0.1) is 0 Å². The van der Waals surface area contributed by atoms with Gasteiger partial charge in [-0.05, 0) is 6.92 Å². The van der Waals surface area contributed by atoms with Crippen molar-refractivity contribution in [3.05, 3.63) is 0 Å². The van der Waals surface area contributed by atoms with E-state index in [1.807, 2.05) is 0 Å². The van der Waals surface area contributed by atoms with E-state index in [1.165, 1.54) is 6.92 Å². The Morgan fingerprint density at radius 3 is 1.61 bits per heavy atom. The molecule has 33 heavy (non-hydrogen) atoms. The van der Waals surface area contributed by atoms with Gasteiger partial charge in [-0.1, -0.05) is 0 Å². The fourth-order valence-electron chi connectivity index (χ4n) is 3.97. The minimum atomic E-state index is -1.89. The van der Waals surface area contributed by atoms with E-state index in [-0.39, 0.29) is 0 Å². The van der Waals surface area contributed by atoms with Crippen LogP contribution in [-0.4, -0.2) is 156 Å². The lowest BCUT2D eigenvalue weighted by Gasteiger charge is -2.48. The molecule has 0 aromatic heterocycles. The molecule has 194 valence electrons. The summed E-state index contributed by atoms with van der Waals surface area (Å²) in [5.74, 6) is 0. The number of hydrogen-bond acceptors (Lipinski definition) is 15. The van der Waals surface area contributed by atoms with Crippen molar-refractivity contribution in [1.82, 2.24) is 0 Å². The highest BCUT2D eigenvalue weighted by Crippen LogP contribution is 2.32. The maximum Gasteiger partial charge on any atom is 0.187 e. The number of rotatable bonds is 6. The Morgan fingerprint density at radius 1 is 0.545 bits per heavy atom. The first-order valence-electron chi connectivity index (χ1n) is 10.4. The van der Waals surface area contributed by atoms with Crippen molar-refractivity contribution in [3.63, 3.8) is 0 Å². The highest BCUT2D eigenvalue weighted by Gasteiger charge is 2.53. The van der Waals surface area contributed by atoms with E-state index in [2.05, 4.69) is 0 Å². The Hall–Kier alpha value is -0.600. The molecule has 0 aromatic rings. The van der Waals surface area contributed by atoms with Gasteiger partial charge in [0.1, 0.15) is 67.1 Å². The van der Waals surface area contributed by atoms with Gasteiger partial charge < -0.3 is 74.7 Å². The molecule has 3 heterocycles. The molecular formula is C18H32O15. The quantitative estimate of drug-likeness (QED) is 0.167. The Labute approximate surface area is 187 Å². The molecule has 0 unspecified atom stereocenters. The molecule has 0 aromatic carbocycles. The third kappa shape index (κ3) is 5.32. The third-order valence-corrected chi connectivity index (χ3v) is 6.06. The normalized spacial score (nSPS) is 53.7. The van der Waals surface area contributed by atoms with E-state index in [1.54, 1.807) is 0 Å². The zero-order valence-electron chi connectivity index (χ0n) is 17.6. The molecule has 15 atom stereocenters. The van der Waals surface area contributed by atoms with Gasteiger partial charge in [0.25, 0.3) is 0 Å². The molecule has 3 fully saturated rings. The highest BCUT2D eigenvalue weighted by molar-refractivity contribution is 4.95. The molecule has 0 aliphatic carbocycles. The minimum absolute atomic E-state index is 0.746. The van der Waals surface area contributed by atoms with Gasteiger partial charge in [0.15, 0.2) is 18.9 Å². The second kappa shape index (κ2) is 11.0. The van der Waals surface area contributed by atoms with Crippen molar-refractivity contribution < 1.29 is 74.7 Å². The van der Waals surface area contributed by atoms with Crippen LogP contribution in [0.5, 0.6) is 0 Å². The average Bonchev–Trinajstić information content (AvgIpc) is 2.79. The summed E-state index contributed by atoms with van der Waals surface area (Å²) in [6, 6.07) is 0. The highest BCUT2D eigenvalue weighted by atomic mass is 16.8. The summed E-state index contributed by atoms with van der Waals surface area (Å²) in [4.78, 5) is 0. The molecule has 0 spiro atoms. The van der Waals surface area contributed by atoms with Gasteiger partial charge in [0.05, 0.1) is 19.3 Å². The first-order chi connectivity index (χ1) is 15.5. The van der Waals surface area contributed by atoms with Gasteiger partial charge in [-0.2, -0.15) is 0 Å². The SMILES string of the molecule is C[C@@H]1O[C@H](O[C@H]2[C@H](O)[C@@H](CO)O[C@@H](O)[C@@H]2O[C@@H]2O[C@H](CO)[C@H](O)[C@H](O)[C@H]2O)[C@@H](O)[C@H](O)[C@@H]1O. The topological polar surface area (TPSA) is 248 Å². The lowest BCUT2D eigenvalue weighted by atomic mass is 9.96.